The van der Waals surface area contributed by atoms with Crippen LogP contribution in [0.2, 0.25) is 0 Å². The quantitative estimate of drug-likeness (QED) is 0.729. The van der Waals surface area contributed by atoms with E-state index in [-0.39, 0.29) is 42.5 Å². The minimum absolute atomic E-state index is 0. The Morgan fingerprint density at radius 2 is 2.04 bits per heavy atom. The van der Waals surface area contributed by atoms with E-state index in [1.165, 1.54) is 6.07 Å². The Morgan fingerprint density at radius 3 is 2.78 bits per heavy atom. The van der Waals surface area contributed by atoms with E-state index in [1.54, 1.807) is 18.2 Å². The maximum Gasteiger partial charge on any atom is 0.228 e. The number of piperidine rings is 1. The van der Waals surface area contributed by atoms with E-state index in [2.05, 4.69) is 10.2 Å². The first-order chi connectivity index (χ1) is 12.0. The van der Waals surface area contributed by atoms with Crippen molar-refractivity contribution in [2.75, 3.05) is 24.1 Å². The van der Waals surface area contributed by atoms with Crippen LogP contribution in [0.1, 0.15) is 24.0 Å². The molecule has 1 unspecified atom stereocenters. The van der Waals surface area contributed by atoms with Gasteiger partial charge in [-0.15, -0.1) is 24.8 Å². The molecule has 1 fully saturated rings. The van der Waals surface area contributed by atoms with Gasteiger partial charge in [-0.1, -0.05) is 18.2 Å². The summed E-state index contributed by atoms with van der Waals surface area (Å²) >= 11 is 0. The van der Waals surface area contributed by atoms with Gasteiger partial charge in [0, 0.05) is 24.5 Å². The second-order valence-electron chi connectivity index (χ2n) is 6.77. The largest absolute Gasteiger partial charge is 0.399 e. The average Bonchev–Trinajstić information content (AvgIpc) is 2.58. The third-order valence-electron chi connectivity index (χ3n) is 4.69. The first-order valence-corrected chi connectivity index (χ1v) is 8.65. The Kier molecular flexibility index (Phi) is 9.03. The van der Waals surface area contributed by atoms with Crippen LogP contribution in [0.15, 0.2) is 42.5 Å². The molecule has 3 rings (SSSR count). The standard InChI is InChI=1S/C20H24FN3O.2ClH/c1-14-7-8-18(22)11-19(14)23-20(25)16-5-3-9-24(13-16)12-15-4-2-6-17(21)10-15;;/h2,4,6-8,10-11,16H,3,5,9,12-13,22H2,1H3,(H,23,25);2*1H. The smallest absolute Gasteiger partial charge is 0.228 e. The lowest BCUT2D eigenvalue weighted by molar-refractivity contribution is -0.121. The molecule has 1 aliphatic heterocycles. The number of halogens is 3. The SMILES string of the molecule is Cc1ccc(N)cc1NC(=O)C1CCCN(Cc2cccc(F)c2)C1.Cl.Cl. The van der Waals surface area contributed by atoms with Gasteiger partial charge in [0.25, 0.3) is 0 Å². The lowest BCUT2D eigenvalue weighted by Gasteiger charge is -2.32. The number of anilines is 2. The lowest BCUT2D eigenvalue weighted by atomic mass is 9.96. The predicted molar refractivity (Wildman–Crippen MR) is 113 cm³/mol. The summed E-state index contributed by atoms with van der Waals surface area (Å²) in [7, 11) is 0. The van der Waals surface area contributed by atoms with Gasteiger partial charge < -0.3 is 11.1 Å². The summed E-state index contributed by atoms with van der Waals surface area (Å²) in [6.07, 6.45) is 1.83. The fourth-order valence-corrected chi connectivity index (χ4v) is 3.32. The molecule has 0 aromatic heterocycles. The Hall–Kier alpha value is -1.82. The first kappa shape index (κ1) is 23.2. The summed E-state index contributed by atoms with van der Waals surface area (Å²) in [4.78, 5) is 14.9. The molecule has 1 atom stereocenters. The van der Waals surface area contributed by atoms with Crippen molar-refractivity contribution in [3.8, 4) is 0 Å². The van der Waals surface area contributed by atoms with Crippen LogP contribution in [0.25, 0.3) is 0 Å². The molecular formula is C20H26Cl2FN3O. The molecule has 0 bridgehead atoms. The van der Waals surface area contributed by atoms with Crippen molar-refractivity contribution >= 4 is 42.1 Å². The van der Waals surface area contributed by atoms with Crippen molar-refractivity contribution in [1.29, 1.82) is 0 Å². The number of nitrogens with two attached hydrogens (primary N) is 1. The molecule has 4 nitrogen and oxygen atoms in total. The number of hydrogen-bond acceptors (Lipinski definition) is 3. The van der Waals surface area contributed by atoms with E-state index in [9.17, 15) is 9.18 Å². The Balaban J connectivity index is 0.00000182. The van der Waals surface area contributed by atoms with E-state index in [4.69, 9.17) is 5.73 Å². The highest BCUT2D eigenvalue weighted by Crippen LogP contribution is 2.23. The number of likely N-dealkylation sites (tertiary alicyclic amines) is 1. The second-order valence-corrected chi connectivity index (χ2v) is 6.77. The third kappa shape index (κ3) is 6.38. The number of hydrogen-bond donors (Lipinski definition) is 2. The van der Waals surface area contributed by atoms with Crippen LogP contribution >= 0.6 is 24.8 Å². The van der Waals surface area contributed by atoms with Crippen LogP contribution in [0.3, 0.4) is 0 Å². The molecule has 0 radical (unpaired) electrons. The van der Waals surface area contributed by atoms with Crippen LogP contribution in [-0.4, -0.2) is 23.9 Å². The van der Waals surface area contributed by atoms with Gasteiger partial charge in [0.1, 0.15) is 5.82 Å². The number of carbonyl (C=O) groups is 1. The number of rotatable bonds is 4. The summed E-state index contributed by atoms with van der Waals surface area (Å²) in [5, 5.41) is 3.01. The van der Waals surface area contributed by atoms with Crippen molar-refractivity contribution in [2.45, 2.75) is 26.3 Å². The molecule has 0 aliphatic carbocycles. The fourth-order valence-electron chi connectivity index (χ4n) is 3.32. The maximum atomic E-state index is 13.3. The predicted octanol–water partition coefficient (Wildman–Crippen LogP) is 4.41. The highest BCUT2D eigenvalue weighted by atomic mass is 35.5. The van der Waals surface area contributed by atoms with Crippen LogP contribution in [0.5, 0.6) is 0 Å². The average molecular weight is 414 g/mol. The van der Waals surface area contributed by atoms with E-state index < -0.39 is 0 Å². The van der Waals surface area contributed by atoms with Gasteiger partial charge in [0.2, 0.25) is 5.91 Å². The van der Waals surface area contributed by atoms with Crippen molar-refractivity contribution in [3.63, 3.8) is 0 Å². The Bertz CT molecular complexity index is 773. The van der Waals surface area contributed by atoms with E-state index >= 15 is 0 Å². The molecule has 1 saturated heterocycles. The number of aryl methyl sites for hydroxylation is 1. The lowest BCUT2D eigenvalue weighted by Crippen LogP contribution is -2.40. The van der Waals surface area contributed by atoms with Gasteiger partial charge in [-0.2, -0.15) is 0 Å². The zero-order valence-corrected chi connectivity index (χ0v) is 16.9. The van der Waals surface area contributed by atoms with E-state index in [1.807, 2.05) is 25.1 Å². The first-order valence-electron chi connectivity index (χ1n) is 8.65. The number of nitrogens with zero attached hydrogens (tertiary/aromatic N) is 1. The molecule has 7 heteroatoms. The summed E-state index contributed by atoms with van der Waals surface area (Å²) in [5.74, 6) is -0.262. The normalized spacial score (nSPS) is 16.7. The number of amides is 1. The van der Waals surface area contributed by atoms with Crippen LogP contribution in [-0.2, 0) is 11.3 Å². The molecule has 1 heterocycles. The van der Waals surface area contributed by atoms with Crippen LogP contribution in [0.4, 0.5) is 15.8 Å². The molecule has 27 heavy (non-hydrogen) atoms. The second kappa shape index (κ2) is 10.5. The molecular weight excluding hydrogens is 388 g/mol. The van der Waals surface area contributed by atoms with Gasteiger partial charge in [-0.05, 0) is 61.7 Å². The van der Waals surface area contributed by atoms with Gasteiger partial charge in [-0.25, -0.2) is 4.39 Å². The highest BCUT2D eigenvalue weighted by Gasteiger charge is 2.26. The maximum absolute atomic E-state index is 13.3. The van der Waals surface area contributed by atoms with E-state index in [0.29, 0.717) is 18.8 Å². The topological polar surface area (TPSA) is 58.4 Å². The van der Waals surface area contributed by atoms with Gasteiger partial charge >= 0.3 is 0 Å². The number of nitrogen functional groups attached to an aromatic ring is 1. The van der Waals surface area contributed by atoms with Crippen molar-refractivity contribution in [3.05, 3.63) is 59.4 Å². The van der Waals surface area contributed by atoms with Crippen molar-refractivity contribution in [1.82, 2.24) is 4.90 Å². The summed E-state index contributed by atoms with van der Waals surface area (Å²) in [6, 6.07) is 12.2. The Labute approximate surface area is 172 Å². The van der Waals surface area contributed by atoms with Gasteiger partial charge in [0.05, 0.1) is 5.92 Å². The van der Waals surface area contributed by atoms with Crippen molar-refractivity contribution < 1.29 is 9.18 Å². The molecule has 0 spiro atoms. The molecule has 1 amide bonds. The van der Waals surface area contributed by atoms with E-state index in [0.717, 1.165) is 36.2 Å². The summed E-state index contributed by atoms with van der Waals surface area (Å²) in [5.41, 5.74) is 9.15. The van der Waals surface area contributed by atoms with Gasteiger partial charge in [-0.3, -0.25) is 9.69 Å². The Morgan fingerprint density at radius 1 is 1.26 bits per heavy atom. The molecule has 2 aromatic carbocycles. The van der Waals surface area contributed by atoms with Crippen molar-refractivity contribution in [2.24, 2.45) is 5.92 Å². The zero-order chi connectivity index (χ0) is 17.8. The monoisotopic (exact) mass is 413 g/mol. The molecule has 3 N–H and O–H groups in total. The van der Waals surface area contributed by atoms with Crippen LogP contribution < -0.4 is 11.1 Å². The minimum atomic E-state index is -0.221. The summed E-state index contributed by atoms with van der Waals surface area (Å²) in [6.45, 7) is 4.23. The summed E-state index contributed by atoms with van der Waals surface area (Å²) < 4.78 is 13.3. The number of nitrogens with one attached hydrogen (secondary N) is 1. The fraction of sp³-hybridized carbons (Fsp3) is 0.350. The highest BCUT2D eigenvalue weighted by molar-refractivity contribution is 5.94. The number of benzene rings is 2. The molecule has 148 valence electrons. The minimum Gasteiger partial charge on any atom is -0.399 e. The van der Waals surface area contributed by atoms with Crippen LogP contribution in [0, 0.1) is 18.7 Å². The van der Waals surface area contributed by atoms with Gasteiger partial charge in [0.15, 0.2) is 0 Å². The molecule has 0 saturated carbocycles. The zero-order valence-electron chi connectivity index (χ0n) is 15.3. The molecule has 2 aromatic rings. The number of carbonyl (C=O) groups excluding carboxylic acids is 1. The molecule has 1 aliphatic rings. The third-order valence-corrected chi connectivity index (χ3v) is 4.69.